The highest BCUT2D eigenvalue weighted by Crippen LogP contribution is 2.46. The Morgan fingerprint density at radius 2 is 2.26 bits per heavy atom. The Morgan fingerprint density at radius 1 is 1.53 bits per heavy atom. The van der Waals surface area contributed by atoms with Gasteiger partial charge >= 0.3 is 0 Å². The maximum atomic E-state index is 9.38. The fourth-order valence-electron chi connectivity index (χ4n) is 3.08. The van der Waals surface area contributed by atoms with Crippen molar-refractivity contribution in [2.75, 3.05) is 0 Å². The molecule has 0 spiro atoms. The lowest BCUT2D eigenvalue weighted by Crippen LogP contribution is -2.34. The zero-order valence-electron chi connectivity index (χ0n) is 11.9. The minimum Gasteiger partial charge on any atom is -0.267 e. The summed E-state index contributed by atoms with van der Waals surface area (Å²) in [5, 5.41) is 13.8. The van der Waals surface area contributed by atoms with Crippen molar-refractivity contribution in [3.63, 3.8) is 0 Å². The van der Waals surface area contributed by atoms with E-state index in [9.17, 15) is 5.26 Å². The topological polar surface area (TPSA) is 41.6 Å². The molecule has 1 saturated carbocycles. The van der Waals surface area contributed by atoms with Crippen LogP contribution in [0.5, 0.6) is 0 Å². The third kappa shape index (κ3) is 3.13. The van der Waals surface area contributed by atoms with Crippen LogP contribution in [0.2, 0.25) is 0 Å². The Morgan fingerprint density at radius 3 is 2.79 bits per heavy atom. The van der Waals surface area contributed by atoms with Crippen molar-refractivity contribution in [1.82, 2.24) is 9.78 Å². The zero-order chi connectivity index (χ0) is 14.0. The highest BCUT2D eigenvalue weighted by molar-refractivity contribution is 14.1. The molecule has 1 aliphatic carbocycles. The zero-order valence-corrected chi connectivity index (χ0v) is 14.1. The molecule has 1 aliphatic rings. The predicted molar refractivity (Wildman–Crippen MR) is 84.5 cm³/mol. The highest BCUT2D eigenvalue weighted by Gasteiger charge is 2.38. The van der Waals surface area contributed by atoms with Crippen molar-refractivity contribution in [3.8, 4) is 6.07 Å². The summed E-state index contributed by atoms with van der Waals surface area (Å²) in [7, 11) is 0. The van der Waals surface area contributed by atoms with Crippen LogP contribution in [0.1, 0.15) is 52.5 Å². The molecule has 19 heavy (non-hydrogen) atoms. The SMILES string of the molecule is CCC(C)(C)C1CCC(C#N)C(n2cc(I)cn2)C1. The molecular formula is C15H22IN3. The van der Waals surface area contributed by atoms with Crippen LogP contribution < -0.4 is 0 Å². The van der Waals surface area contributed by atoms with Gasteiger partial charge in [0.15, 0.2) is 0 Å². The molecule has 0 saturated heterocycles. The van der Waals surface area contributed by atoms with E-state index >= 15 is 0 Å². The first-order valence-electron chi connectivity index (χ1n) is 7.07. The van der Waals surface area contributed by atoms with Gasteiger partial charge in [-0.25, -0.2) is 0 Å². The van der Waals surface area contributed by atoms with Gasteiger partial charge in [-0.2, -0.15) is 10.4 Å². The average molecular weight is 371 g/mol. The first kappa shape index (κ1) is 14.8. The second kappa shape index (κ2) is 5.82. The second-order valence-corrected chi connectivity index (χ2v) is 7.54. The number of hydrogen-bond donors (Lipinski definition) is 0. The lowest BCUT2D eigenvalue weighted by atomic mass is 9.66. The van der Waals surface area contributed by atoms with Crippen molar-refractivity contribution < 1.29 is 0 Å². The molecule has 1 heterocycles. The van der Waals surface area contributed by atoms with Crippen molar-refractivity contribution in [3.05, 3.63) is 16.0 Å². The summed E-state index contributed by atoms with van der Waals surface area (Å²) in [6.07, 6.45) is 8.40. The van der Waals surface area contributed by atoms with E-state index in [0.29, 0.717) is 11.3 Å². The van der Waals surface area contributed by atoms with Gasteiger partial charge in [0, 0.05) is 6.20 Å². The third-order valence-electron chi connectivity index (χ3n) is 4.91. The summed E-state index contributed by atoms with van der Waals surface area (Å²) < 4.78 is 3.17. The molecule has 0 aliphatic heterocycles. The first-order chi connectivity index (χ1) is 8.97. The normalized spacial score (nSPS) is 28.1. The predicted octanol–water partition coefficient (Wildman–Crippen LogP) is 4.40. The van der Waals surface area contributed by atoms with Crippen LogP contribution in [0.3, 0.4) is 0 Å². The van der Waals surface area contributed by atoms with E-state index < -0.39 is 0 Å². The van der Waals surface area contributed by atoms with Gasteiger partial charge in [-0.3, -0.25) is 4.68 Å². The van der Waals surface area contributed by atoms with Gasteiger partial charge in [-0.1, -0.05) is 27.2 Å². The van der Waals surface area contributed by atoms with Crippen LogP contribution in [0.4, 0.5) is 0 Å². The Kier molecular flexibility index (Phi) is 4.54. The van der Waals surface area contributed by atoms with Crippen LogP contribution in [0, 0.1) is 32.2 Å². The van der Waals surface area contributed by atoms with Crippen LogP contribution in [-0.4, -0.2) is 9.78 Å². The lowest BCUT2D eigenvalue weighted by Gasteiger charge is -2.41. The minimum absolute atomic E-state index is 0.111. The molecule has 3 unspecified atom stereocenters. The molecule has 0 aromatic carbocycles. The molecule has 1 fully saturated rings. The molecule has 0 amide bonds. The largest absolute Gasteiger partial charge is 0.267 e. The number of hydrogen-bond acceptors (Lipinski definition) is 2. The van der Waals surface area contributed by atoms with Gasteiger partial charge in [-0.15, -0.1) is 0 Å². The van der Waals surface area contributed by atoms with E-state index in [1.54, 1.807) is 0 Å². The van der Waals surface area contributed by atoms with Crippen molar-refractivity contribution >= 4 is 22.6 Å². The summed E-state index contributed by atoms with van der Waals surface area (Å²) in [6.45, 7) is 6.98. The quantitative estimate of drug-likeness (QED) is 0.739. The first-order valence-corrected chi connectivity index (χ1v) is 8.15. The monoisotopic (exact) mass is 371 g/mol. The number of rotatable bonds is 3. The Hall–Kier alpha value is -0.570. The van der Waals surface area contributed by atoms with Crippen LogP contribution >= 0.6 is 22.6 Å². The smallest absolute Gasteiger partial charge is 0.0688 e. The van der Waals surface area contributed by atoms with Crippen LogP contribution in [0.25, 0.3) is 0 Å². The second-order valence-electron chi connectivity index (χ2n) is 6.29. The summed E-state index contributed by atoms with van der Waals surface area (Å²) in [5.41, 5.74) is 0.360. The maximum absolute atomic E-state index is 9.38. The van der Waals surface area contributed by atoms with E-state index in [0.717, 1.165) is 16.4 Å². The van der Waals surface area contributed by atoms with Gasteiger partial charge in [-0.05, 0) is 53.2 Å². The Bertz CT molecular complexity index is 472. The van der Waals surface area contributed by atoms with E-state index in [-0.39, 0.29) is 12.0 Å². The highest BCUT2D eigenvalue weighted by atomic mass is 127. The molecule has 2 rings (SSSR count). The van der Waals surface area contributed by atoms with Crippen molar-refractivity contribution in [2.45, 2.75) is 52.5 Å². The lowest BCUT2D eigenvalue weighted by molar-refractivity contribution is 0.0992. The maximum Gasteiger partial charge on any atom is 0.0688 e. The number of halogens is 1. The number of nitriles is 1. The molecular weight excluding hydrogens is 349 g/mol. The Balaban J connectivity index is 2.21. The van der Waals surface area contributed by atoms with E-state index in [4.69, 9.17) is 0 Å². The molecule has 0 bridgehead atoms. The summed E-state index contributed by atoms with van der Waals surface area (Å²) in [4.78, 5) is 0. The third-order valence-corrected chi connectivity index (χ3v) is 5.47. The molecule has 0 radical (unpaired) electrons. The summed E-state index contributed by atoms with van der Waals surface area (Å²) in [5.74, 6) is 0.800. The fraction of sp³-hybridized carbons (Fsp3) is 0.733. The van der Waals surface area contributed by atoms with Crippen LogP contribution in [-0.2, 0) is 0 Å². The molecule has 0 N–H and O–H groups in total. The summed E-state index contributed by atoms with van der Waals surface area (Å²) >= 11 is 2.28. The molecule has 4 heteroatoms. The number of nitrogens with zero attached hydrogens (tertiary/aromatic N) is 3. The van der Waals surface area contributed by atoms with E-state index in [1.165, 1.54) is 12.8 Å². The Labute approximate surface area is 129 Å². The standard InChI is InChI=1S/C15H22IN3/c1-4-15(2,3)12-6-5-11(8-17)14(7-12)19-10-13(16)9-18-19/h9-12,14H,4-7H2,1-3H3. The number of aromatic nitrogens is 2. The molecule has 3 nitrogen and oxygen atoms in total. The van der Waals surface area contributed by atoms with Crippen LogP contribution in [0.15, 0.2) is 12.4 Å². The van der Waals surface area contributed by atoms with Gasteiger partial charge in [0.05, 0.1) is 27.8 Å². The van der Waals surface area contributed by atoms with Gasteiger partial charge < -0.3 is 0 Å². The van der Waals surface area contributed by atoms with E-state index in [2.05, 4.69) is 60.7 Å². The summed E-state index contributed by atoms with van der Waals surface area (Å²) in [6, 6.07) is 2.74. The van der Waals surface area contributed by atoms with Gasteiger partial charge in [0.25, 0.3) is 0 Å². The van der Waals surface area contributed by atoms with Crippen molar-refractivity contribution in [2.24, 2.45) is 17.3 Å². The minimum atomic E-state index is 0.111. The van der Waals surface area contributed by atoms with E-state index in [1.807, 2.05) is 10.9 Å². The molecule has 1 aromatic heterocycles. The fourth-order valence-corrected chi connectivity index (χ4v) is 3.49. The molecule has 104 valence electrons. The molecule has 3 atom stereocenters. The molecule has 1 aromatic rings. The van der Waals surface area contributed by atoms with Gasteiger partial charge in [0.2, 0.25) is 0 Å². The van der Waals surface area contributed by atoms with Gasteiger partial charge in [0.1, 0.15) is 0 Å². The average Bonchev–Trinajstić information content (AvgIpc) is 2.84. The van der Waals surface area contributed by atoms with Crippen molar-refractivity contribution in [1.29, 1.82) is 5.26 Å².